The van der Waals surface area contributed by atoms with Gasteiger partial charge < -0.3 is 42.7 Å². The Hall–Kier alpha value is -3.38. The van der Waals surface area contributed by atoms with Gasteiger partial charge in [0.25, 0.3) is 0 Å². The third kappa shape index (κ3) is 16.9. The number of guanidine groups is 1. The predicted octanol–water partition coefficient (Wildman–Crippen LogP) is -0.770. The summed E-state index contributed by atoms with van der Waals surface area (Å²) in [6, 6.07) is -1.60. The number of rotatable bonds is 15. The maximum atomic E-state index is 12.6. The molecule has 0 heterocycles. The summed E-state index contributed by atoms with van der Waals surface area (Å²) in [7, 11) is 0. The molecule has 0 aromatic heterocycles. The van der Waals surface area contributed by atoms with Gasteiger partial charge in [0.15, 0.2) is 5.96 Å². The third-order valence-electron chi connectivity index (χ3n) is 4.08. The standard InChI is InChI=1S/C20H38N8O5/c1-20(2,3)33-19(32)28-14(7-5-10-26-18(23)24)17(31)25-11-9-16(30)27-13(12-29)6-4-8-15(21)22/h12-14H,4-11H2,1-3H3,(H3,21,22)(H,25,31)(H,27,30)(H,28,32)(H4,23,24,26)/t13-,14+/m0/s1. The normalized spacial score (nSPS) is 12.6. The Kier molecular flexibility index (Phi) is 13.8. The van der Waals surface area contributed by atoms with Crippen LogP contribution in [0.25, 0.3) is 0 Å². The summed E-state index contributed by atoms with van der Waals surface area (Å²) < 4.78 is 5.19. The first-order valence-electron chi connectivity index (χ1n) is 10.7. The molecule has 0 radical (unpaired) electrons. The van der Waals surface area contributed by atoms with E-state index < -0.39 is 35.6 Å². The molecule has 10 N–H and O–H groups in total. The zero-order valence-corrected chi connectivity index (χ0v) is 19.6. The summed E-state index contributed by atoms with van der Waals surface area (Å²) in [6.45, 7) is 5.38. The number of amidine groups is 1. The second kappa shape index (κ2) is 15.4. The molecular formula is C20H38N8O5. The number of ether oxygens (including phenoxy) is 1. The van der Waals surface area contributed by atoms with Crippen molar-refractivity contribution >= 4 is 36.0 Å². The van der Waals surface area contributed by atoms with Crippen LogP contribution in [0.2, 0.25) is 0 Å². The van der Waals surface area contributed by atoms with Crippen molar-refractivity contribution in [1.82, 2.24) is 16.0 Å². The van der Waals surface area contributed by atoms with Crippen LogP contribution in [0.4, 0.5) is 4.79 Å². The van der Waals surface area contributed by atoms with Gasteiger partial charge >= 0.3 is 6.09 Å². The van der Waals surface area contributed by atoms with Crippen LogP contribution in [-0.2, 0) is 19.1 Å². The fourth-order valence-electron chi connectivity index (χ4n) is 2.61. The van der Waals surface area contributed by atoms with Crippen molar-refractivity contribution in [1.29, 1.82) is 5.41 Å². The van der Waals surface area contributed by atoms with E-state index in [1.807, 2.05) is 0 Å². The summed E-state index contributed by atoms with van der Waals surface area (Å²) in [5.41, 5.74) is 15.1. The lowest BCUT2D eigenvalue weighted by Gasteiger charge is -2.23. The molecular weight excluding hydrogens is 432 g/mol. The van der Waals surface area contributed by atoms with Crippen LogP contribution in [0.1, 0.15) is 59.3 Å². The highest BCUT2D eigenvalue weighted by Crippen LogP contribution is 2.08. The Morgan fingerprint density at radius 1 is 1.06 bits per heavy atom. The molecule has 0 aliphatic rings. The molecule has 0 unspecified atom stereocenters. The maximum Gasteiger partial charge on any atom is 0.408 e. The molecule has 2 atom stereocenters. The number of aliphatic imine (C=N–C) groups is 1. The summed E-state index contributed by atoms with van der Waals surface area (Å²) >= 11 is 0. The number of carbonyl (C=O) groups is 4. The predicted molar refractivity (Wildman–Crippen MR) is 124 cm³/mol. The molecule has 0 bridgehead atoms. The second-order valence-electron chi connectivity index (χ2n) is 8.42. The van der Waals surface area contributed by atoms with E-state index in [-0.39, 0.29) is 37.7 Å². The van der Waals surface area contributed by atoms with E-state index in [2.05, 4.69) is 20.9 Å². The monoisotopic (exact) mass is 470 g/mol. The SMILES string of the molecule is CC(C)(C)OC(=O)N[C@H](CCCN=C(N)N)C(=O)NCCC(=O)N[C@H](C=O)CCCC(=N)N. The van der Waals surface area contributed by atoms with E-state index in [1.165, 1.54) is 0 Å². The number of amides is 3. The average molecular weight is 471 g/mol. The minimum absolute atomic E-state index is 0.00406. The number of aldehydes is 1. The van der Waals surface area contributed by atoms with Crippen molar-refractivity contribution in [3.63, 3.8) is 0 Å². The molecule has 0 saturated carbocycles. The average Bonchev–Trinajstić information content (AvgIpc) is 2.67. The summed E-state index contributed by atoms with van der Waals surface area (Å²) in [6.07, 6.45) is 1.67. The van der Waals surface area contributed by atoms with E-state index >= 15 is 0 Å². The van der Waals surface area contributed by atoms with Crippen LogP contribution < -0.4 is 33.2 Å². The molecule has 33 heavy (non-hydrogen) atoms. The van der Waals surface area contributed by atoms with Crippen molar-refractivity contribution in [2.45, 2.75) is 77.0 Å². The Bertz CT molecular complexity index is 701. The summed E-state index contributed by atoms with van der Waals surface area (Å²) in [5.74, 6) is -0.968. The van der Waals surface area contributed by atoms with Crippen molar-refractivity contribution in [2.24, 2.45) is 22.2 Å². The van der Waals surface area contributed by atoms with Gasteiger partial charge in [-0.2, -0.15) is 0 Å². The van der Waals surface area contributed by atoms with E-state index in [4.69, 9.17) is 27.3 Å². The first-order chi connectivity index (χ1) is 15.3. The molecule has 13 heteroatoms. The molecule has 0 spiro atoms. The van der Waals surface area contributed by atoms with Crippen LogP contribution in [-0.4, -0.2) is 66.8 Å². The molecule has 0 saturated heterocycles. The molecule has 3 amide bonds. The minimum atomic E-state index is -0.911. The summed E-state index contributed by atoms with van der Waals surface area (Å²) in [4.78, 5) is 51.6. The van der Waals surface area contributed by atoms with E-state index in [9.17, 15) is 19.2 Å². The number of carbonyl (C=O) groups excluding carboxylic acids is 4. The molecule has 0 aromatic carbocycles. The Morgan fingerprint density at radius 2 is 1.73 bits per heavy atom. The molecule has 13 nitrogen and oxygen atoms in total. The van der Waals surface area contributed by atoms with E-state index in [0.29, 0.717) is 32.0 Å². The van der Waals surface area contributed by atoms with E-state index in [1.54, 1.807) is 20.8 Å². The Balaban J connectivity index is 4.67. The highest BCUT2D eigenvalue weighted by atomic mass is 16.6. The van der Waals surface area contributed by atoms with Crippen molar-refractivity contribution in [3.05, 3.63) is 0 Å². The molecule has 0 fully saturated rings. The topological polar surface area (TPSA) is 228 Å². The first-order valence-corrected chi connectivity index (χ1v) is 10.7. The van der Waals surface area contributed by atoms with Crippen LogP contribution in [0.15, 0.2) is 4.99 Å². The van der Waals surface area contributed by atoms with Gasteiger partial charge in [0.2, 0.25) is 11.8 Å². The Labute approximate surface area is 194 Å². The zero-order chi connectivity index (χ0) is 25.4. The Morgan fingerprint density at radius 3 is 2.27 bits per heavy atom. The first kappa shape index (κ1) is 29.6. The maximum absolute atomic E-state index is 12.6. The van der Waals surface area contributed by atoms with Gasteiger partial charge in [0.05, 0.1) is 11.9 Å². The lowest BCUT2D eigenvalue weighted by atomic mass is 10.1. The molecule has 0 rings (SSSR count). The van der Waals surface area contributed by atoms with Gasteiger partial charge in [-0.1, -0.05) is 0 Å². The van der Waals surface area contributed by atoms with Gasteiger partial charge in [0.1, 0.15) is 17.9 Å². The lowest BCUT2D eigenvalue weighted by Crippen LogP contribution is -2.49. The number of nitrogens with zero attached hydrogens (tertiary/aromatic N) is 1. The smallest absolute Gasteiger partial charge is 0.408 e. The van der Waals surface area contributed by atoms with Crippen LogP contribution in [0.3, 0.4) is 0 Å². The number of hydrogen-bond donors (Lipinski definition) is 7. The highest BCUT2D eigenvalue weighted by molar-refractivity contribution is 5.86. The van der Waals surface area contributed by atoms with E-state index in [0.717, 1.165) is 0 Å². The fourth-order valence-corrected chi connectivity index (χ4v) is 2.61. The van der Waals surface area contributed by atoms with Gasteiger partial charge in [0, 0.05) is 25.9 Å². The number of nitrogens with two attached hydrogens (primary N) is 3. The second-order valence-corrected chi connectivity index (χ2v) is 8.42. The van der Waals surface area contributed by atoms with Gasteiger partial charge in [-0.15, -0.1) is 0 Å². The minimum Gasteiger partial charge on any atom is -0.444 e. The molecule has 0 aromatic rings. The quantitative estimate of drug-likeness (QED) is 0.0693. The molecule has 188 valence electrons. The fraction of sp³-hybridized carbons (Fsp3) is 0.700. The molecule has 0 aliphatic carbocycles. The molecule has 0 aliphatic heterocycles. The van der Waals surface area contributed by atoms with Crippen molar-refractivity contribution in [2.75, 3.05) is 13.1 Å². The van der Waals surface area contributed by atoms with Crippen molar-refractivity contribution < 1.29 is 23.9 Å². The van der Waals surface area contributed by atoms with Gasteiger partial charge in [-0.25, -0.2) is 4.79 Å². The van der Waals surface area contributed by atoms with Crippen LogP contribution in [0, 0.1) is 5.41 Å². The summed E-state index contributed by atoms with van der Waals surface area (Å²) in [5, 5.41) is 14.8. The van der Waals surface area contributed by atoms with Gasteiger partial charge in [-0.05, 0) is 46.5 Å². The van der Waals surface area contributed by atoms with Crippen molar-refractivity contribution in [3.8, 4) is 0 Å². The third-order valence-corrected chi connectivity index (χ3v) is 4.08. The largest absolute Gasteiger partial charge is 0.444 e. The van der Waals surface area contributed by atoms with Crippen LogP contribution in [0.5, 0.6) is 0 Å². The number of alkyl carbamates (subject to hydrolysis) is 1. The van der Waals surface area contributed by atoms with Gasteiger partial charge in [-0.3, -0.25) is 20.0 Å². The zero-order valence-electron chi connectivity index (χ0n) is 19.6. The highest BCUT2D eigenvalue weighted by Gasteiger charge is 2.24. The van der Waals surface area contributed by atoms with Crippen LogP contribution >= 0.6 is 0 Å². The number of hydrogen-bond acceptors (Lipinski definition) is 7. The number of nitrogens with one attached hydrogen (secondary N) is 4. The lowest BCUT2D eigenvalue weighted by molar-refractivity contribution is -0.125.